The van der Waals surface area contributed by atoms with E-state index in [4.69, 9.17) is 0 Å². The molecule has 5 aliphatic rings. The van der Waals surface area contributed by atoms with Gasteiger partial charge < -0.3 is 73.2 Å². The molecule has 20 heteroatoms. The molecular weight excluding hydrogens is 1520 g/mol. The third kappa shape index (κ3) is 77.3. The molecule has 3 saturated heterocycles. The summed E-state index contributed by atoms with van der Waals surface area (Å²) in [7, 11) is 41.1. The van der Waals surface area contributed by atoms with Gasteiger partial charge in [-0.3, -0.25) is 24.6 Å². The molecule has 0 bridgehead atoms. The molecule has 1 aromatic rings. The van der Waals surface area contributed by atoms with Crippen LogP contribution in [0.4, 0.5) is 0 Å². The summed E-state index contributed by atoms with van der Waals surface area (Å²) in [6, 6.07) is 11.0. The summed E-state index contributed by atoms with van der Waals surface area (Å²) in [5.74, 6) is 1.07. The van der Waals surface area contributed by atoms with Crippen LogP contribution < -0.4 is 0 Å². The molecule has 0 amide bonds. The van der Waals surface area contributed by atoms with Gasteiger partial charge in [-0.2, -0.15) is 0 Å². The first kappa shape index (κ1) is 125. The minimum absolute atomic E-state index is 0.638. The lowest BCUT2D eigenvalue weighted by atomic mass is 9.86. The van der Waals surface area contributed by atoms with E-state index in [0.717, 1.165) is 38.4 Å². The van der Waals surface area contributed by atoms with Crippen molar-refractivity contribution in [1.82, 2.24) is 92.8 Å². The van der Waals surface area contributed by atoms with E-state index in [1.54, 1.807) is 0 Å². The van der Waals surface area contributed by atoms with Gasteiger partial charge in [0.15, 0.2) is 0 Å². The molecule has 0 N–H and O–H groups in total. The highest BCUT2D eigenvalue weighted by Crippen LogP contribution is 2.28. The summed E-state index contributed by atoms with van der Waals surface area (Å²) in [6.07, 6.45) is 38.6. The van der Waals surface area contributed by atoms with E-state index in [0.29, 0.717) is 60.4 Å². The molecule has 4 aliphatic heterocycles. The Morgan fingerprint density at radius 1 is 0.317 bits per heavy atom. The van der Waals surface area contributed by atoms with Gasteiger partial charge >= 0.3 is 0 Å². The molecule has 0 radical (unpaired) electrons. The van der Waals surface area contributed by atoms with Crippen molar-refractivity contribution in [3.05, 3.63) is 36.3 Å². The molecule has 1 saturated carbocycles. The van der Waals surface area contributed by atoms with Crippen molar-refractivity contribution in [2.24, 2.45) is 10.9 Å². The van der Waals surface area contributed by atoms with Crippen LogP contribution >= 0.6 is 0 Å². The van der Waals surface area contributed by atoms with Crippen molar-refractivity contribution >= 4 is 6.21 Å². The van der Waals surface area contributed by atoms with Gasteiger partial charge in [-0.15, -0.1) is 0 Å². The number of aromatic nitrogens is 1. The van der Waals surface area contributed by atoms with Crippen LogP contribution in [0.1, 0.15) is 266 Å². The Morgan fingerprint density at radius 2 is 0.675 bits per heavy atom. The normalized spacial score (nSPS) is 16.4. The average molecular weight is 1740 g/mol. The van der Waals surface area contributed by atoms with Crippen LogP contribution in [-0.4, -0.2) is 457 Å². The van der Waals surface area contributed by atoms with Gasteiger partial charge in [0.05, 0.1) is 0 Å². The molecule has 123 heavy (non-hydrogen) atoms. The fourth-order valence-electron chi connectivity index (χ4n) is 14.6. The maximum Gasteiger partial charge on any atom is 0.0364 e. The Hall–Kier alpha value is -2.03. The first-order valence-electron chi connectivity index (χ1n) is 50.7. The highest BCUT2D eigenvalue weighted by Gasteiger charge is 2.22. The third-order valence-corrected chi connectivity index (χ3v) is 26.1. The molecule has 20 nitrogen and oxygen atoms in total. The van der Waals surface area contributed by atoms with Gasteiger partial charge in [-0.25, -0.2) is 0 Å². The number of likely N-dealkylation sites (N-methyl/N-ethyl adjacent to an activating group) is 5. The zero-order chi connectivity index (χ0) is 93.8. The zero-order valence-corrected chi connectivity index (χ0v) is 90.2. The van der Waals surface area contributed by atoms with Crippen LogP contribution in [0.3, 0.4) is 0 Å². The van der Waals surface area contributed by atoms with Gasteiger partial charge in [-0.1, -0.05) is 63.9 Å². The molecule has 6 rings (SSSR count). The fraction of sp³-hybridized carbons (Fsp3) is 0.932. The van der Waals surface area contributed by atoms with Gasteiger partial charge in [0, 0.05) is 189 Å². The number of hydrogen-bond donors (Lipinski definition) is 0. The molecule has 1 aliphatic carbocycles. The van der Waals surface area contributed by atoms with Gasteiger partial charge in [-0.05, 0) is 426 Å². The minimum Gasteiger partial charge on any atom is -0.353 e. The number of rotatable bonds is 49. The van der Waals surface area contributed by atoms with E-state index < -0.39 is 0 Å². The molecular formula is C103H224N20. The van der Waals surface area contributed by atoms with Crippen LogP contribution in [0.5, 0.6) is 0 Å². The Balaban J connectivity index is -0.00000132. The van der Waals surface area contributed by atoms with E-state index in [1.165, 1.54) is 285 Å². The quantitative estimate of drug-likeness (QED) is 0.0581. The second-order valence-corrected chi connectivity index (χ2v) is 41.5. The monoisotopic (exact) mass is 1740 g/mol. The van der Waals surface area contributed by atoms with Crippen molar-refractivity contribution in [2.75, 3.05) is 298 Å². The Bertz CT molecular complexity index is 2360. The lowest BCUT2D eigenvalue weighted by molar-refractivity contribution is 0.103. The van der Waals surface area contributed by atoms with E-state index in [2.05, 4.69) is 387 Å². The Kier molecular flexibility index (Phi) is 81.1. The number of allylic oxidation sites excluding steroid dienone is 2. The number of aliphatic imine (C=N–C) groups is 1. The van der Waals surface area contributed by atoms with E-state index in [1.807, 2.05) is 6.21 Å². The van der Waals surface area contributed by atoms with Crippen molar-refractivity contribution in [1.29, 1.82) is 0 Å². The third-order valence-electron chi connectivity index (χ3n) is 26.1. The summed E-state index contributed by atoms with van der Waals surface area (Å²) in [5, 5.41) is 0. The summed E-state index contributed by atoms with van der Waals surface area (Å²) in [6.45, 7) is 72.4. The second-order valence-electron chi connectivity index (χ2n) is 41.5. The number of piperidine rings is 1. The van der Waals surface area contributed by atoms with Crippen molar-refractivity contribution in [2.45, 2.75) is 333 Å². The lowest BCUT2D eigenvalue weighted by Crippen LogP contribution is -2.50. The number of nitrogens with zero attached hydrogens (tertiary/aromatic N) is 20. The average Bonchev–Trinajstić information content (AvgIpc) is 0.965. The molecule has 1 unspecified atom stereocenters. The summed E-state index contributed by atoms with van der Waals surface area (Å²) in [4.78, 5) is 47.6. The molecule has 4 fully saturated rings. The number of likely N-dealkylation sites (tertiary alicyclic amines) is 1. The van der Waals surface area contributed by atoms with Crippen molar-refractivity contribution < 1.29 is 0 Å². The van der Waals surface area contributed by atoms with Crippen LogP contribution in [0, 0.1) is 5.92 Å². The van der Waals surface area contributed by atoms with Gasteiger partial charge in [0.2, 0.25) is 0 Å². The van der Waals surface area contributed by atoms with Gasteiger partial charge in [0.25, 0.3) is 0 Å². The molecule has 5 heterocycles. The Labute approximate surface area is 772 Å². The van der Waals surface area contributed by atoms with Crippen LogP contribution in [0.2, 0.25) is 0 Å². The highest BCUT2D eigenvalue weighted by atomic mass is 15.3. The first-order chi connectivity index (χ1) is 57.9. The zero-order valence-electron chi connectivity index (χ0n) is 90.2. The predicted octanol–water partition coefficient (Wildman–Crippen LogP) is 17.0. The molecule has 1 atom stereocenters. The molecule has 736 valence electrons. The maximum absolute atomic E-state index is 4.29. The van der Waals surface area contributed by atoms with E-state index in [9.17, 15) is 0 Å². The van der Waals surface area contributed by atoms with Gasteiger partial charge in [0.1, 0.15) is 0 Å². The molecule has 0 spiro atoms. The maximum atomic E-state index is 4.29. The number of piperazine rings is 2. The van der Waals surface area contributed by atoms with Crippen molar-refractivity contribution in [3.8, 4) is 0 Å². The summed E-state index contributed by atoms with van der Waals surface area (Å²) >= 11 is 0. The molecule has 0 aromatic carbocycles. The second kappa shape index (κ2) is 79.7. The van der Waals surface area contributed by atoms with Crippen LogP contribution in [0.25, 0.3) is 0 Å². The Morgan fingerprint density at radius 3 is 1.07 bits per heavy atom. The highest BCUT2D eigenvalue weighted by molar-refractivity contribution is 5.64. The largest absolute Gasteiger partial charge is 0.353 e. The minimum atomic E-state index is 0.638. The van der Waals surface area contributed by atoms with E-state index >= 15 is 0 Å². The lowest BCUT2D eigenvalue weighted by Gasteiger charge is -2.37. The smallest absolute Gasteiger partial charge is 0.0364 e. The number of unbranched alkanes of at least 4 members (excludes halogenated alkanes) is 4. The fourth-order valence-corrected chi connectivity index (χ4v) is 14.6. The number of hydrogen-bond acceptors (Lipinski definition) is 19. The standard InChI is InChI=1S/C14H33N3.C14H29N.C13H23N3.C13H28N2.C11H25N3.C11H20N2.C10H24N2.C9H22N2.C8H20N2/c1-13(2)17(7)12-14(16(5)6)10-8-9-11-15(3)4;1-13(2)15(3)12-8-7-11-14-9-5-4-6-10-14;1-13(2)16-11-9-15(10-12-16)8-7-14-5-3-4-6-14;1-13(2)14(3)9-7-8-12-15-10-5-4-6-11-15;1-11(2)14-9-7-13(8-10-14)6-5-12(3)4;1-10(2)13(3)9-5-7-11-6-4-8-12-11;1-10(2)12(5)9-7-6-8-11(3)4;1-9(2)11(5)8-6-7-10(3)4;1-8(2)10(5)7-6-9(3)4/h13-14H,8-12H2,1-7H3;13-14H,4-12H2,1-3H3;3-6,13H,7-12H2,1-2H3;13H,4-12H2,1-3H3;11H,5-10H2,1-4H3;6,8,10H,4-5,7,9H2,1-3H3;10H,6-9H2,1-5H3;9H,6-8H2,1-5H3;8H,6-7H2,1-5H3. The SMILES string of the molecule is CC(C)N(C)CC(CCCCN(C)C)N(C)C.CC(C)N(C)CCCC1=CCC=N1.CC(C)N(C)CCCCC1CCCCC1.CC(C)N(C)CCCCN(C)C.CC(C)N(C)CCCCN1CCCCC1.CC(C)N(C)CCCN(C)C.CC(C)N(C)CCN(C)C.CC(C)N1CCN(CCN(C)C)CC1.CC(C)N1CCN(CCn2cccc2)CC1. The topological polar surface area (TPSA) is 75.6 Å². The van der Waals surface area contributed by atoms with Crippen LogP contribution in [0.15, 0.2) is 41.3 Å². The van der Waals surface area contributed by atoms with Crippen molar-refractivity contribution in [3.63, 3.8) is 0 Å². The predicted molar refractivity (Wildman–Crippen MR) is 553 cm³/mol. The van der Waals surface area contributed by atoms with E-state index in [-0.39, 0.29) is 0 Å². The molecule has 1 aromatic heterocycles. The van der Waals surface area contributed by atoms with Crippen LogP contribution in [-0.2, 0) is 6.54 Å². The first-order valence-corrected chi connectivity index (χ1v) is 50.7. The summed E-state index contributed by atoms with van der Waals surface area (Å²) in [5.41, 5.74) is 1.28. The summed E-state index contributed by atoms with van der Waals surface area (Å²) < 4.78 is 2.26.